The third-order valence-corrected chi connectivity index (χ3v) is 2.13. The number of ether oxygens (including phenoxy) is 1. The maximum atomic E-state index is 8.52. The molecular weight excluding hydrogens is 210 g/mol. The Balaban J connectivity index is 0.000000686. The number of para-hydroxylation sites is 1. The van der Waals surface area contributed by atoms with Crippen LogP contribution in [0.2, 0.25) is 0 Å². The Hall–Kier alpha value is -2.27. The highest BCUT2D eigenvalue weighted by molar-refractivity contribution is 5.70. The Morgan fingerprint density at radius 3 is 2.12 bits per heavy atom. The molecule has 0 spiro atoms. The monoisotopic (exact) mass is 225 g/mol. The van der Waals surface area contributed by atoms with Gasteiger partial charge in [-0.3, -0.25) is 0 Å². The average molecular weight is 225 g/mol. The normalized spacial score (nSPS) is 8.53. The summed E-state index contributed by atoms with van der Waals surface area (Å²) in [5, 5.41) is 8.52. The highest BCUT2D eigenvalue weighted by Crippen LogP contribution is 2.29. The number of hydrogen-bond donors (Lipinski definition) is 0. The van der Waals surface area contributed by atoms with E-state index in [-0.39, 0.29) is 0 Å². The Kier molecular flexibility index (Phi) is 5.33. The Morgan fingerprint density at radius 2 is 1.47 bits per heavy atom. The molecular formula is C15H15NO. The van der Waals surface area contributed by atoms with E-state index in [1.165, 1.54) is 0 Å². The summed E-state index contributed by atoms with van der Waals surface area (Å²) >= 11 is 0. The van der Waals surface area contributed by atoms with Crippen molar-refractivity contribution in [3.05, 3.63) is 54.6 Å². The van der Waals surface area contributed by atoms with Crippen LogP contribution in [0.3, 0.4) is 0 Å². The van der Waals surface area contributed by atoms with Crippen molar-refractivity contribution in [1.82, 2.24) is 0 Å². The van der Waals surface area contributed by atoms with Crippen molar-refractivity contribution in [3.8, 4) is 23.1 Å². The molecule has 0 saturated carbocycles. The van der Waals surface area contributed by atoms with Crippen LogP contribution in [0.1, 0.15) is 13.8 Å². The maximum absolute atomic E-state index is 8.52. The molecule has 0 N–H and O–H groups in total. The fourth-order valence-corrected chi connectivity index (χ4v) is 1.46. The van der Waals surface area contributed by atoms with E-state index in [0.29, 0.717) is 5.75 Å². The number of nitriles is 1. The molecule has 2 aromatic carbocycles. The number of rotatable bonds is 2. The summed E-state index contributed by atoms with van der Waals surface area (Å²) in [5.74, 6) is 0.589. The van der Waals surface area contributed by atoms with Crippen molar-refractivity contribution in [2.75, 3.05) is 0 Å². The lowest BCUT2D eigenvalue weighted by atomic mass is 10.1. The minimum absolute atomic E-state index is 0.589. The fourth-order valence-electron chi connectivity index (χ4n) is 1.46. The van der Waals surface area contributed by atoms with Crippen LogP contribution in [0.25, 0.3) is 11.1 Å². The standard InChI is InChI=1S/C13H9NO.C2H6/c14-10-15-13-9-5-4-8-12(13)11-6-2-1-3-7-11;1-2/h1-9H;1-2H3. The molecule has 0 unspecified atom stereocenters. The summed E-state index contributed by atoms with van der Waals surface area (Å²) in [6, 6.07) is 17.3. The van der Waals surface area contributed by atoms with Gasteiger partial charge in [-0.25, -0.2) is 0 Å². The van der Waals surface area contributed by atoms with Gasteiger partial charge in [-0.1, -0.05) is 62.4 Å². The van der Waals surface area contributed by atoms with E-state index in [1.54, 1.807) is 12.3 Å². The molecule has 2 aromatic rings. The second kappa shape index (κ2) is 7.08. The minimum atomic E-state index is 0.589. The summed E-state index contributed by atoms with van der Waals surface area (Å²) in [7, 11) is 0. The van der Waals surface area contributed by atoms with E-state index in [9.17, 15) is 0 Å². The number of nitrogens with zero attached hydrogens (tertiary/aromatic N) is 1. The predicted octanol–water partition coefficient (Wildman–Crippen LogP) is 4.24. The molecule has 0 saturated heterocycles. The van der Waals surface area contributed by atoms with Crippen LogP contribution in [0.4, 0.5) is 0 Å². The second-order valence-electron chi connectivity index (χ2n) is 3.06. The van der Waals surface area contributed by atoms with Gasteiger partial charge in [-0.15, -0.1) is 5.26 Å². The van der Waals surface area contributed by atoms with Crippen molar-refractivity contribution in [2.24, 2.45) is 0 Å². The van der Waals surface area contributed by atoms with Gasteiger partial charge < -0.3 is 4.74 Å². The SMILES string of the molecule is CC.N#COc1ccccc1-c1ccccc1. The first-order valence-electron chi connectivity index (χ1n) is 5.62. The molecule has 0 aliphatic rings. The van der Waals surface area contributed by atoms with Gasteiger partial charge in [-0.2, -0.15) is 0 Å². The van der Waals surface area contributed by atoms with Crippen LogP contribution in [0.5, 0.6) is 5.75 Å². The topological polar surface area (TPSA) is 33.0 Å². The number of hydrogen-bond acceptors (Lipinski definition) is 2. The lowest BCUT2D eigenvalue weighted by Crippen LogP contribution is -1.86. The van der Waals surface area contributed by atoms with Crippen molar-refractivity contribution in [3.63, 3.8) is 0 Å². The molecule has 17 heavy (non-hydrogen) atoms. The lowest BCUT2D eigenvalue weighted by molar-refractivity contribution is 0.509. The summed E-state index contributed by atoms with van der Waals surface area (Å²) < 4.78 is 4.90. The molecule has 0 bridgehead atoms. The fraction of sp³-hybridized carbons (Fsp3) is 0.133. The van der Waals surface area contributed by atoms with Gasteiger partial charge in [0.25, 0.3) is 6.26 Å². The second-order valence-corrected chi connectivity index (χ2v) is 3.06. The van der Waals surface area contributed by atoms with Crippen LogP contribution < -0.4 is 4.74 Å². The Morgan fingerprint density at radius 1 is 0.882 bits per heavy atom. The molecule has 0 aliphatic carbocycles. The zero-order valence-corrected chi connectivity index (χ0v) is 10.1. The van der Waals surface area contributed by atoms with Gasteiger partial charge in [0.2, 0.25) is 0 Å². The highest BCUT2D eigenvalue weighted by atomic mass is 16.5. The molecule has 2 nitrogen and oxygen atoms in total. The van der Waals surface area contributed by atoms with Crippen molar-refractivity contribution in [2.45, 2.75) is 13.8 Å². The van der Waals surface area contributed by atoms with Gasteiger partial charge in [0.05, 0.1) is 0 Å². The van der Waals surface area contributed by atoms with Crippen molar-refractivity contribution >= 4 is 0 Å². The molecule has 0 amide bonds. The summed E-state index contributed by atoms with van der Waals surface area (Å²) in [6.07, 6.45) is 1.69. The van der Waals surface area contributed by atoms with Crippen molar-refractivity contribution in [1.29, 1.82) is 5.26 Å². The summed E-state index contributed by atoms with van der Waals surface area (Å²) in [5.41, 5.74) is 1.98. The lowest BCUT2D eigenvalue weighted by Gasteiger charge is -2.05. The zero-order valence-electron chi connectivity index (χ0n) is 10.1. The van der Waals surface area contributed by atoms with E-state index in [4.69, 9.17) is 10.00 Å². The van der Waals surface area contributed by atoms with Crippen LogP contribution >= 0.6 is 0 Å². The largest absolute Gasteiger partial charge is 0.387 e. The molecule has 0 heterocycles. The molecule has 0 radical (unpaired) electrons. The van der Waals surface area contributed by atoms with Gasteiger partial charge in [0, 0.05) is 5.56 Å². The zero-order chi connectivity index (χ0) is 12.5. The third kappa shape index (κ3) is 3.35. The van der Waals surface area contributed by atoms with Crippen LogP contribution in [0.15, 0.2) is 54.6 Å². The molecule has 0 aliphatic heterocycles. The number of benzene rings is 2. The van der Waals surface area contributed by atoms with E-state index in [0.717, 1.165) is 11.1 Å². The van der Waals surface area contributed by atoms with Gasteiger partial charge >= 0.3 is 0 Å². The molecule has 0 aromatic heterocycles. The van der Waals surface area contributed by atoms with E-state index in [2.05, 4.69) is 0 Å². The first-order chi connectivity index (χ1) is 8.42. The quantitative estimate of drug-likeness (QED) is 0.716. The highest BCUT2D eigenvalue weighted by Gasteiger charge is 2.04. The molecule has 0 atom stereocenters. The first-order valence-corrected chi connectivity index (χ1v) is 5.62. The van der Waals surface area contributed by atoms with Crippen molar-refractivity contribution < 1.29 is 4.74 Å². The maximum Gasteiger partial charge on any atom is 0.292 e. The molecule has 2 heteroatoms. The van der Waals surface area contributed by atoms with Gasteiger partial charge in [0.15, 0.2) is 0 Å². The van der Waals surface area contributed by atoms with Crippen LogP contribution in [0, 0.1) is 11.5 Å². The smallest absolute Gasteiger partial charge is 0.292 e. The van der Waals surface area contributed by atoms with E-state index < -0.39 is 0 Å². The molecule has 0 fully saturated rings. The average Bonchev–Trinajstić information content (AvgIpc) is 2.43. The summed E-state index contributed by atoms with van der Waals surface area (Å²) in [4.78, 5) is 0. The predicted molar refractivity (Wildman–Crippen MR) is 69.5 cm³/mol. The first kappa shape index (κ1) is 12.8. The summed E-state index contributed by atoms with van der Waals surface area (Å²) in [6.45, 7) is 4.00. The molecule has 86 valence electrons. The van der Waals surface area contributed by atoms with E-state index in [1.807, 2.05) is 62.4 Å². The third-order valence-electron chi connectivity index (χ3n) is 2.13. The van der Waals surface area contributed by atoms with Gasteiger partial charge in [0.1, 0.15) is 5.75 Å². The minimum Gasteiger partial charge on any atom is -0.387 e. The Bertz CT molecular complexity index is 486. The molecule has 2 rings (SSSR count). The van der Waals surface area contributed by atoms with Crippen LogP contribution in [-0.2, 0) is 0 Å². The van der Waals surface area contributed by atoms with Gasteiger partial charge in [-0.05, 0) is 11.6 Å². The van der Waals surface area contributed by atoms with E-state index >= 15 is 0 Å². The Labute approximate surface area is 102 Å². The van der Waals surface area contributed by atoms with Crippen LogP contribution in [-0.4, -0.2) is 0 Å².